The van der Waals surface area contributed by atoms with Crippen LogP contribution in [-0.2, 0) is 10.0 Å². The minimum atomic E-state index is -4.09. The zero-order valence-corrected chi connectivity index (χ0v) is 11.5. The smallest absolute Gasteiger partial charge is 0.335 e. The number of aliphatic hydroxyl groups excluding tert-OH is 1. The lowest BCUT2D eigenvalue weighted by molar-refractivity contribution is 0.0696. The van der Waals surface area contributed by atoms with Crippen LogP contribution in [0.5, 0.6) is 0 Å². The number of aliphatic hydroxyl groups is 1. The molecule has 0 spiro atoms. The highest BCUT2D eigenvalue weighted by molar-refractivity contribution is 7.89. The summed E-state index contributed by atoms with van der Waals surface area (Å²) in [6.45, 7) is 0.903. The molecular weight excluding hydrogens is 289 g/mol. The monoisotopic (exact) mass is 303 g/mol. The molecule has 1 aromatic carbocycles. The van der Waals surface area contributed by atoms with Crippen molar-refractivity contribution in [3.8, 4) is 0 Å². The van der Waals surface area contributed by atoms with Gasteiger partial charge in [0.25, 0.3) is 0 Å². The fourth-order valence-electron chi connectivity index (χ4n) is 1.84. The maximum atomic E-state index is 13.7. The number of aromatic carboxylic acids is 1. The lowest BCUT2D eigenvalue weighted by Gasteiger charge is -2.16. The fraction of sp³-hybridized carbons (Fsp3) is 0.417. The first-order valence-electron chi connectivity index (χ1n) is 5.89. The highest BCUT2D eigenvalue weighted by Crippen LogP contribution is 2.36. The Balaban J connectivity index is 2.48. The first-order valence-corrected chi connectivity index (χ1v) is 7.37. The number of halogens is 1. The molecule has 110 valence electrons. The molecule has 0 aromatic heterocycles. The molecule has 1 fully saturated rings. The summed E-state index contributed by atoms with van der Waals surface area (Å²) in [6, 6.07) is 1.69. The molecule has 0 radical (unpaired) electrons. The molecule has 0 bridgehead atoms. The van der Waals surface area contributed by atoms with E-state index in [0.717, 1.165) is 12.1 Å². The predicted molar refractivity (Wildman–Crippen MR) is 67.5 cm³/mol. The number of carboxylic acids is 1. The van der Waals surface area contributed by atoms with Gasteiger partial charge >= 0.3 is 5.97 Å². The molecule has 2 rings (SSSR count). The number of sulfonamides is 1. The SMILES string of the molecule is Cc1c(F)cc(C(=O)O)cc1S(=O)(=O)NC1(CO)CC1. The summed E-state index contributed by atoms with van der Waals surface area (Å²) in [6.07, 6.45) is 0.978. The van der Waals surface area contributed by atoms with Gasteiger partial charge in [-0.2, -0.15) is 0 Å². The normalized spacial score (nSPS) is 16.9. The van der Waals surface area contributed by atoms with E-state index in [1.54, 1.807) is 0 Å². The molecule has 0 amide bonds. The number of benzene rings is 1. The molecule has 8 heteroatoms. The summed E-state index contributed by atoms with van der Waals surface area (Å²) in [4.78, 5) is 10.5. The fourth-order valence-corrected chi connectivity index (χ4v) is 3.57. The molecule has 1 saturated carbocycles. The third-order valence-electron chi connectivity index (χ3n) is 3.34. The van der Waals surface area contributed by atoms with Gasteiger partial charge in [0.05, 0.1) is 22.6 Å². The summed E-state index contributed by atoms with van der Waals surface area (Å²) in [5, 5.41) is 18.0. The van der Waals surface area contributed by atoms with E-state index in [1.807, 2.05) is 0 Å². The standard InChI is InChI=1S/C12H14FNO5S/c1-7-9(13)4-8(11(16)17)5-10(7)20(18,19)14-12(6-15)2-3-12/h4-5,14-15H,2-3,6H2,1H3,(H,16,17). The second-order valence-corrected chi connectivity index (χ2v) is 6.58. The van der Waals surface area contributed by atoms with Gasteiger partial charge in [-0.25, -0.2) is 22.3 Å². The Morgan fingerprint density at radius 3 is 2.50 bits per heavy atom. The Labute approximate surface area is 115 Å². The molecule has 0 atom stereocenters. The van der Waals surface area contributed by atoms with Crippen molar-refractivity contribution in [2.75, 3.05) is 6.61 Å². The topological polar surface area (TPSA) is 104 Å². The molecule has 6 nitrogen and oxygen atoms in total. The molecule has 1 aromatic rings. The molecule has 0 aliphatic heterocycles. The van der Waals surface area contributed by atoms with Crippen molar-refractivity contribution in [2.45, 2.75) is 30.2 Å². The van der Waals surface area contributed by atoms with Gasteiger partial charge in [0.2, 0.25) is 10.0 Å². The Bertz CT molecular complexity index is 667. The number of rotatable bonds is 5. The van der Waals surface area contributed by atoms with Crippen molar-refractivity contribution in [3.63, 3.8) is 0 Å². The Morgan fingerprint density at radius 1 is 1.45 bits per heavy atom. The van der Waals surface area contributed by atoms with Gasteiger partial charge in [-0.1, -0.05) is 0 Å². The van der Waals surface area contributed by atoms with E-state index in [1.165, 1.54) is 6.92 Å². The quantitative estimate of drug-likeness (QED) is 0.740. The zero-order chi connectivity index (χ0) is 15.1. The molecule has 20 heavy (non-hydrogen) atoms. The van der Waals surface area contributed by atoms with Crippen molar-refractivity contribution in [2.24, 2.45) is 0 Å². The van der Waals surface area contributed by atoms with Crippen molar-refractivity contribution in [1.29, 1.82) is 0 Å². The minimum absolute atomic E-state index is 0.156. The summed E-state index contributed by atoms with van der Waals surface area (Å²) in [5.74, 6) is -2.32. The van der Waals surface area contributed by atoms with Gasteiger partial charge in [-0.15, -0.1) is 0 Å². The summed E-state index contributed by atoms with van der Waals surface area (Å²) < 4.78 is 40.4. The van der Waals surface area contributed by atoms with Crippen LogP contribution in [0.3, 0.4) is 0 Å². The molecular formula is C12H14FNO5S. The zero-order valence-electron chi connectivity index (χ0n) is 10.7. The van der Waals surface area contributed by atoms with Crippen LogP contribution in [0.1, 0.15) is 28.8 Å². The van der Waals surface area contributed by atoms with E-state index in [0.29, 0.717) is 12.8 Å². The number of hydrogen-bond acceptors (Lipinski definition) is 4. The Hall–Kier alpha value is -1.51. The van der Waals surface area contributed by atoms with E-state index < -0.39 is 37.8 Å². The van der Waals surface area contributed by atoms with Crippen LogP contribution in [0.2, 0.25) is 0 Å². The highest BCUT2D eigenvalue weighted by Gasteiger charge is 2.46. The van der Waals surface area contributed by atoms with Crippen molar-refractivity contribution < 1.29 is 27.8 Å². The van der Waals surface area contributed by atoms with Crippen LogP contribution in [0, 0.1) is 12.7 Å². The average Bonchev–Trinajstić information content (AvgIpc) is 3.11. The third kappa shape index (κ3) is 2.67. The highest BCUT2D eigenvalue weighted by atomic mass is 32.2. The van der Waals surface area contributed by atoms with E-state index in [2.05, 4.69) is 4.72 Å². The van der Waals surface area contributed by atoms with Crippen molar-refractivity contribution in [3.05, 3.63) is 29.1 Å². The van der Waals surface area contributed by atoms with Gasteiger partial charge < -0.3 is 10.2 Å². The molecule has 1 aliphatic rings. The van der Waals surface area contributed by atoms with Crippen LogP contribution in [0.4, 0.5) is 4.39 Å². The number of hydrogen-bond donors (Lipinski definition) is 3. The van der Waals surface area contributed by atoms with Crippen LogP contribution in [0.15, 0.2) is 17.0 Å². The summed E-state index contributed by atoms with van der Waals surface area (Å²) >= 11 is 0. The first-order chi connectivity index (χ1) is 9.21. The van der Waals surface area contributed by atoms with Crippen LogP contribution < -0.4 is 4.72 Å². The first kappa shape index (κ1) is 14.9. The van der Waals surface area contributed by atoms with Crippen LogP contribution in [-0.4, -0.2) is 36.7 Å². The number of carbonyl (C=O) groups is 1. The van der Waals surface area contributed by atoms with E-state index in [-0.39, 0.29) is 12.2 Å². The van der Waals surface area contributed by atoms with E-state index in [9.17, 15) is 17.6 Å². The third-order valence-corrected chi connectivity index (χ3v) is 5.05. The van der Waals surface area contributed by atoms with E-state index in [4.69, 9.17) is 10.2 Å². The maximum Gasteiger partial charge on any atom is 0.335 e. The molecule has 0 unspecified atom stereocenters. The van der Waals surface area contributed by atoms with Gasteiger partial charge in [0.1, 0.15) is 5.82 Å². The predicted octanol–water partition coefficient (Wildman–Crippen LogP) is 0.636. The number of nitrogens with one attached hydrogen (secondary N) is 1. The molecule has 3 N–H and O–H groups in total. The second kappa shape index (κ2) is 4.80. The molecule has 0 saturated heterocycles. The van der Waals surface area contributed by atoms with Gasteiger partial charge in [0, 0.05) is 5.56 Å². The van der Waals surface area contributed by atoms with Gasteiger partial charge in [-0.3, -0.25) is 0 Å². The van der Waals surface area contributed by atoms with E-state index >= 15 is 0 Å². The second-order valence-electron chi connectivity index (χ2n) is 4.93. The molecule has 0 heterocycles. The van der Waals surface area contributed by atoms with Gasteiger partial charge in [0.15, 0.2) is 0 Å². The average molecular weight is 303 g/mol. The van der Waals surface area contributed by atoms with Crippen molar-refractivity contribution >= 4 is 16.0 Å². The molecule has 1 aliphatic carbocycles. The van der Waals surface area contributed by atoms with Crippen LogP contribution in [0.25, 0.3) is 0 Å². The number of carboxylic acid groups (broad SMARTS) is 1. The lowest BCUT2D eigenvalue weighted by atomic mass is 10.1. The summed E-state index contributed by atoms with van der Waals surface area (Å²) in [7, 11) is -4.09. The lowest BCUT2D eigenvalue weighted by Crippen LogP contribution is -2.39. The maximum absolute atomic E-state index is 13.7. The van der Waals surface area contributed by atoms with Gasteiger partial charge in [-0.05, 0) is 31.9 Å². The Kier molecular flexibility index (Phi) is 3.57. The Morgan fingerprint density at radius 2 is 2.05 bits per heavy atom. The largest absolute Gasteiger partial charge is 0.478 e. The van der Waals surface area contributed by atoms with Crippen molar-refractivity contribution in [1.82, 2.24) is 4.72 Å². The van der Waals surface area contributed by atoms with Crippen LogP contribution >= 0.6 is 0 Å². The minimum Gasteiger partial charge on any atom is -0.478 e. The summed E-state index contributed by atoms with van der Waals surface area (Å²) in [5.41, 5.74) is -1.50.